The van der Waals surface area contributed by atoms with Crippen molar-refractivity contribution in [3.63, 3.8) is 0 Å². The van der Waals surface area contributed by atoms with Crippen molar-refractivity contribution in [3.05, 3.63) is 77.4 Å². The molecule has 20 heavy (non-hydrogen) atoms. The smallest absolute Gasteiger partial charge is 0.119 e. The van der Waals surface area contributed by atoms with E-state index in [0.717, 1.165) is 12.2 Å². The van der Waals surface area contributed by atoms with E-state index in [2.05, 4.69) is 61.5 Å². The maximum absolute atomic E-state index is 5.32. The lowest BCUT2D eigenvalue weighted by molar-refractivity contribution is 0.414. The van der Waals surface area contributed by atoms with Crippen LogP contribution in [0.3, 0.4) is 0 Å². The molecule has 3 aromatic rings. The summed E-state index contributed by atoms with van der Waals surface area (Å²) in [7, 11) is 1.71. The van der Waals surface area contributed by atoms with Crippen LogP contribution in [0.4, 0.5) is 0 Å². The molecule has 0 fully saturated rings. The number of rotatable bonds is 3. The third-order valence-corrected chi connectivity index (χ3v) is 3.76. The van der Waals surface area contributed by atoms with Crippen LogP contribution in [0.1, 0.15) is 16.7 Å². The molecule has 0 spiro atoms. The number of aryl methyl sites for hydroxylation is 1. The summed E-state index contributed by atoms with van der Waals surface area (Å²) < 4.78 is 5.32. The van der Waals surface area contributed by atoms with Crippen molar-refractivity contribution in [2.45, 2.75) is 13.3 Å². The summed E-state index contributed by atoms with van der Waals surface area (Å²) in [5.74, 6) is 0.923. The van der Waals surface area contributed by atoms with Gasteiger partial charge in [0.2, 0.25) is 0 Å². The molecule has 1 nitrogen and oxygen atoms in total. The van der Waals surface area contributed by atoms with Gasteiger partial charge in [0.15, 0.2) is 0 Å². The minimum Gasteiger partial charge on any atom is -0.497 e. The summed E-state index contributed by atoms with van der Waals surface area (Å²) in [4.78, 5) is 0. The molecule has 3 aromatic carbocycles. The summed E-state index contributed by atoms with van der Waals surface area (Å²) in [6.07, 6.45) is 0.938. The van der Waals surface area contributed by atoms with Crippen LogP contribution in [-0.4, -0.2) is 7.11 Å². The van der Waals surface area contributed by atoms with Crippen LogP contribution in [0, 0.1) is 6.92 Å². The highest BCUT2D eigenvalue weighted by molar-refractivity contribution is 5.83. The van der Waals surface area contributed by atoms with Crippen LogP contribution < -0.4 is 4.74 Å². The van der Waals surface area contributed by atoms with Gasteiger partial charge in [-0.1, -0.05) is 48.5 Å². The normalized spacial score (nSPS) is 10.7. The molecule has 0 N–H and O–H groups in total. The Morgan fingerprint density at radius 2 is 1.65 bits per heavy atom. The Hall–Kier alpha value is -2.28. The third kappa shape index (κ3) is 2.53. The Kier molecular flexibility index (Phi) is 3.42. The monoisotopic (exact) mass is 262 g/mol. The average Bonchev–Trinajstić information content (AvgIpc) is 2.49. The molecule has 0 aliphatic heterocycles. The number of methoxy groups -OCH3 is 1. The zero-order chi connectivity index (χ0) is 13.9. The van der Waals surface area contributed by atoms with Crippen LogP contribution >= 0.6 is 0 Å². The second-order valence-corrected chi connectivity index (χ2v) is 5.15. The molecule has 0 unspecified atom stereocenters. The molecule has 0 heterocycles. The molecular formula is C19H18O. The molecule has 3 rings (SSSR count). The van der Waals surface area contributed by atoms with Gasteiger partial charge in [-0.05, 0) is 52.9 Å². The Morgan fingerprint density at radius 1 is 0.850 bits per heavy atom. The summed E-state index contributed by atoms with van der Waals surface area (Å²) in [5.41, 5.74) is 3.96. The van der Waals surface area contributed by atoms with Gasteiger partial charge >= 0.3 is 0 Å². The predicted octanol–water partition coefficient (Wildman–Crippen LogP) is 4.75. The van der Waals surface area contributed by atoms with Gasteiger partial charge in [-0.2, -0.15) is 0 Å². The zero-order valence-electron chi connectivity index (χ0n) is 11.9. The van der Waals surface area contributed by atoms with E-state index in [9.17, 15) is 0 Å². The number of hydrogen-bond acceptors (Lipinski definition) is 1. The van der Waals surface area contributed by atoms with E-state index >= 15 is 0 Å². The second-order valence-electron chi connectivity index (χ2n) is 5.15. The first-order valence-electron chi connectivity index (χ1n) is 6.87. The number of ether oxygens (including phenoxy) is 1. The standard InChI is InChI=1S/C19H18O/c1-14-7-10-19(20-2)13-18(14)12-15-8-9-16-5-3-4-6-17(16)11-15/h3-11,13H,12H2,1-2H3. The minimum atomic E-state index is 0.923. The molecule has 0 aliphatic rings. The summed E-state index contributed by atoms with van der Waals surface area (Å²) in [5, 5.41) is 2.59. The molecule has 0 amide bonds. The molecule has 0 bridgehead atoms. The molecule has 0 aliphatic carbocycles. The minimum absolute atomic E-state index is 0.923. The number of hydrogen-bond donors (Lipinski definition) is 0. The van der Waals surface area contributed by atoms with E-state index < -0.39 is 0 Å². The fourth-order valence-electron chi connectivity index (χ4n) is 2.53. The quantitative estimate of drug-likeness (QED) is 0.662. The highest BCUT2D eigenvalue weighted by Gasteiger charge is 2.03. The molecule has 100 valence electrons. The highest BCUT2D eigenvalue weighted by Crippen LogP contribution is 2.22. The Labute approximate surface area is 119 Å². The summed E-state index contributed by atoms with van der Waals surface area (Å²) >= 11 is 0. The van der Waals surface area contributed by atoms with Gasteiger partial charge in [0, 0.05) is 0 Å². The molecule has 0 atom stereocenters. The molecule has 0 saturated heterocycles. The third-order valence-electron chi connectivity index (χ3n) is 3.76. The van der Waals surface area contributed by atoms with Gasteiger partial charge in [0.1, 0.15) is 5.75 Å². The Bertz CT molecular complexity index is 744. The average molecular weight is 262 g/mol. The van der Waals surface area contributed by atoms with Gasteiger partial charge < -0.3 is 4.74 Å². The van der Waals surface area contributed by atoms with Gasteiger partial charge in [-0.15, -0.1) is 0 Å². The molecule has 0 radical (unpaired) electrons. The van der Waals surface area contributed by atoms with Crippen LogP contribution in [0.25, 0.3) is 10.8 Å². The van der Waals surface area contributed by atoms with E-state index in [4.69, 9.17) is 4.74 Å². The van der Waals surface area contributed by atoms with E-state index in [1.165, 1.54) is 27.5 Å². The molecular weight excluding hydrogens is 244 g/mol. The van der Waals surface area contributed by atoms with Crippen LogP contribution in [0.2, 0.25) is 0 Å². The predicted molar refractivity (Wildman–Crippen MR) is 84.5 cm³/mol. The summed E-state index contributed by atoms with van der Waals surface area (Å²) in [6, 6.07) is 21.4. The Balaban J connectivity index is 1.96. The van der Waals surface area contributed by atoms with Crippen molar-refractivity contribution in [1.29, 1.82) is 0 Å². The highest BCUT2D eigenvalue weighted by atomic mass is 16.5. The molecule has 0 aromatic heterocycles. The second kappa shape index (κ2) is 5.38. The van der Waals surface area contributed by atoms with Crippen molar-refractivity contribution in [3.8, 4) is 5.75 Å². The van der Waals surface area contributed by atoms with Crippen LogP contribution in [0.15, 0.2) is 60.7 Å². The Morgan fingerprint density at radius 3 is 2.45 bits per heavy atom. The van der Waals surface area contributed by atoms with Crippen LogP contribution in [-0.2, 0) is 6.42 Å². The SMILES string of the molecule is COc1ccc(C)c(Cc2ccc3ccccc3c2)c1. The number of fused-ring (bicyclic) bond motifs is 1. The van der Waals surface area contributed by atoms with Crippen LogP contribution in [0.5, 0.6) is 5.75 Å². The fraction of sp³-hybridized carbons (Fsp3) is 0.158. The topological polar surface area (TPSA) is 9.23 Å². The zero-order valence-corrected chi connectivity index (χ0v) is 11.9. The lowest BCUT2D eigenvalue weighted by atomic mass is 9.98. The van der Waals surface area contributed by atoms with Gasteiger partial charge in [0.05, 0.1) is 7.11 Å². The molecule has 1 heteroatoms. The van der Waals surface area contributed by atoms with Crippen molar-refractivity contribution >= 4 is 10.8 Å². The van der Waals surface area contributed by atoms with Crippen molar-refractivity contribution in [2.24, 2.45) is 0 Å². The van der Waals surface area contributed by atoms with Gasteiger partial charge in [0.25, 0.3) is 0 Å². The summed E-state index contributed by atoms with van der Waals surface area (Å²) in [6.45, 7) is 2.15. The number of benzene rings is 3. The first-order chi connectivity index (χ1) is 9.76. The van der Waals surface area contributed by atoms with E-state index in [1.807, 2.05) is 6.07 Å². The maximum atomic E-state index is 5.32. The van der Waals surface area contributed by atoms with E-state index in [1.54, 1.807) is 7.11 Å². The van der Waals surface area contributed by atoms with Crippen molar-refractivity contribution in [2.75, 3.05) is 7.11 Å². The lowest BCUT2D eigenvalue weighted by Crippen LogP contribution is -1.93. The van der Waals surface area contributed by atoms with E-state index in [0.29, 0.717) is 0 Å². The van der Waals surface area contributed by atoms with Gasteiger partial charge in [-0.3, -0.25) is 0 Å². The maximum Gasteiger partial charge on any atom is 0.119 e. The van der Waals surface area contributed by atoms with E-state index in [-0.39, 0.29) is 0 Å². The van der Waals surface area contributed by atoms with Crippen molar-refractivity contribution in [1.82, 2.24) is 0 Å². The first kappa shape index (κ1) is 12.7. The largest absolute Gasteiger partial charge is 0.497 e. The molecule has 0 saturated carbocycles. The van der Waals surface area contributed by atoms with Gasteiger partial charge in [-0.25, -0.2) is 0 Å². The fourth-order valence-corrected chi connectivity index (χ4v) is 2.53. The lowest BCUT2D eigenvalue weighted by Gasteiger charge is -2.09. The first-order valence-corrected chi connectivity index (χ1v) is 6.87. The van der Waals surface area contributed by atoms with Crippen molar-refractivity contribution < 1.29 is 4.74 Å².